The van der Waals surface area contributed by atoms with Gasteiger partial charge in [0.1, 0.15) is 0 Å². The maximum absolute atomic E-state index is 5.37. The zero-order valence-electron chi connectivity index (χ0n) is 9.58. The SMILES string of the molecule is CCC(NC)C(C)SC1CCOCC1. The van der Waals surface area contributed by atoms with E-state index in [0.717, 1.165) is 18.5 Å². The smallest absolute Gasteiger partial charge is 0.0476 e. The fourth-order valence-electron chi connectivity index (χ4n) is 1.98. The Bertz CT molecular complexity index is 144. The first-order chi connectivity index (χ1) is 6.77. The van der Waals surface area contributed by atoms with Gasteiger partial charge in [-0.25, -0.2) is 0 Å². The summed E-state index contributed by atoms with van der Waals surface area (Å²) < 4.78 is 5.37. The summed E-state index contributed by atoms with van der Waals surface area (Å²) >= 11 is 2.14. The van der Waals surface area contributed by atoms with Crippen LogP contribution in [0.25, 0.3) is 0 Å². The van der Waals surface area contributed by atoms with Gasteiger partial charge >= 0.3 is 0 Å². The molecule has 1 rings (SSSR count). The molecule has 0 aliphatic carbocycles. The van der Waals surface area contributed by atoms with E-state index in [0.29, 0.717) is 11.3 Å². The van der Waals surface area contributed by atoms with Gasteiger partial charge in [0.05, 0.1) is 0 Å². The number of nitrogens with one attached hydrogen (secondary N) is 1. The van der Waals surface area contributed by atoms with Gasteiger partial charge in [0.15, 0.2) is 0 Å². The first-order valence-electron chi connectivity index (χ1n) is 5.68. The van der Waals surface area contributed by atoms with Crippen LogP contribution in [0.15, 0.2) is 0 Å². The highest BCUT2D eigenvalue weighted by atomic mass is 32.2. The molecule has 0 aromatic heterocycles. The number of rotatable bonds is 5. The molecular weight excluding hydrogens is 194 g/mol. The van der Waals surface area contributed by atoms with Crippen molar-refractivity contribution in [3.05, 3.63) is 0 Å². The van der Waals surface area contributed by atoms with Crippen LogP contribution in [0.5, 0.6) is 0 Å². The van der Waals surface area contributed by atoms with Gasteiger partial charge in [-0.2, -0.15) is 11.8 Å². The second-order valence-corrected chi connectivity index (χ2v) is 5.64. The van der Waals surface area contributed by atoms with Crippen LogP contribution < -0.4 is 5.32 Å². The lowest BCUT2D eigenvalue weighted by atomic mass is 10.2. The van der Waals surface area contributed by atoms with Crippen LogP contribution in [-0.4, -0.2) is 36.8 Å². The molecule has 14 heavy (non-hydrogen) atoms. The molecule has 1 N–H and O–H groups in total. The summed E-state index contributed by atoms with van der Waals surface area (Å²) in [7, 11) is 2.06. The second kappa shape index (κ2) is 6.70. The molecule has 1 saturated heterocycles. The van der Waals surface area contributed by atoms with Crippen molar-refractivity contribution in [2.75, 3.05) is 20.3 Å². The molecular formula is C11H23NOS. The summed E-state index contributed by atoms with van der Waals surface area (Å²) in [5.41, 5.74) is 0. The van der Waals surface area contributed by atoms with Crippen LogP contribution >= 0.6 is 11.8 Å². The summed E-state index contributed by atoms with van der Waals surface area (Å²) in [6, 6.07) is 0.655. The predicted molar refractivity (Wildman–Crippen MR) is 64.0 cm³/mol. The van der Waals surface area contributed by atoms with Crippen LogP contribution in [0, 0.1) is 0 Å². The van der Waals surface area contributed by atoms with Gasteiger partial charge in [-0.1, -0.05) is 13.8 Å². The predicted octanol–water partition coefficient (Wildman–Crippen LogP) is 2.29. The number of hydrogen-bond acceptors (Lipinski definition) is 3. The monoisotopic (exact) mass is 217 g/mol. The third-order valence-electron chi connectivity index (χ3n) is 2.95. The first-order valence-corrected chi connectivity index (χ1v) is 6.62. The quantitative estimate of drug-likeness (QED) is 0.763. The Morgan fingerprint density at radius 2 is 2.07 bits per heavy atom. The van der Waals surface area contributed by atoms with Crippen molar-refractivity contribution < 1.29 is 4.74 Å². The maximum Gasteiger partial charge on any atom is 0.0476 e. The van der Waals surface area contributed by atoms with Gasteiger partial charge in [-0.05, 0) is 26.3 Å². The summed E-state index contributed by atoms with van der Waals surface area (Å²) in [6.45, 7) is 6.51. The lowest BCUT2D eigenvalue weighted by Gasteiger charge is -2.28. The minimum atomic E-state index is 0.655. The molecule has 0 saturated carbocycles. The van der Waals surface area contributed by atoms with E-state index in [1.807, 2.05) is 0 Å². The van der Waals surface area contributed by atoms with E-state index in [1.165, 1.54) is 19.3 Å². The molecule has 1 heterocycles. The molecule has 0 aromatic carbocycles. The molecule has 0 bridgehead atoms. The zero-order valence-corrected chi connectivity index (χ0v) is 10.4. The lowest BCUT2D eigenvalue weighted by molar-refractivity contribution is 0.0999. The van der Waals surface area contributed by atoms with E-state index < -0.39 is 0 Å². The summed E-state index contributed by atoms with van der Waals surface area (Å²) in [6.07, 6.45) is 3.68. The molecule has 0 aromatic rings. The van der Waals surface area contributed by atoms with Crippen LogP contribution in [-0.2, 0) is 4.74 Å². The van der Waals surface area contributed by atoms with Gasteiger partial charge < -0.3 is 10.1 Å². The molecule has 2 unspecified atom stereocenters. The number of ether oxygens (including phenoxy) is 1. The van der Waals surface area contributed by atoms with E-state index in [9.17, 15) is 0 Å². The molecule has 2 nitrogen and oxygen atoms in total. The Morgan fingerprint density at radius 1 is 1.43 bits per heavy atom. The van der Waals surface area contributed by atoms with Gasteiger partial charge in [-0.15, -0.1) is 0 Å². The van der Waals surface area contributed by atoms with Crippen molar-refractivity contribution in [1.29, 1.82) is 0 Å². The van der Waals surface area contributed by atoms with Crippen LogP contribution in [0.1, 0.15) is 33.1 Å². The van der Waals surface area contributed by atoms with E-state index in [1.54, 1.807) is 0 Å². The highest BCUT2D eigenvalue weighted by molar-refractivity contribution is 8.00. The molecule has 0 spiro atoms. The third-order valence-corrected chi connectivity index (χ3v) is 4.57. The van der Waals surface area contributed by atoms with E-state index in [2.05, 4.69) is 38.0 Å². The van der Waals surface area contributed by atoms with Gasteiger partial charge in [0.2, 0.25) is 0 Å². The Labute approximate surface area is 92.2 Å². The molecule has 1 fully saturated rings. The minimum Gasteiger partial charge on any atom is -0.381 e. The molecule has 2 atom stereocenters. The van der Waals surface area contributed by atoms with E-state index >= 15 is 0 Å². The second-order valence-electron chi connectivity index (χ2n) is 3.96. The summed E-state index contributed by atoms with van der Waals surface area (Å²) in [5, 5.41) is 4.93. The normalized spacial score (nSPS) is 23.4. The standard InChI is InChI=1S/C11H23NOS/c1-4-11(12-3)9(2)14-10-5-7-13-8-6-10/h9-12H,4-8H2,1-3H3. The highest BCUT2D eigenvalue weighted by Crippen LogP contribution is 2.28. The first kappa shape index (κ1) is 12.3. The van der Waals surface area contributed by atoms with Crippen molar-refractivity contribution in [1.82, 2.24) is 5.32 Å². The molecule has 0 radical (unpaired) electrons. The summed E-state index contributed by atoms with van der Waals surface area (Å²) in [4.78, 5) is 0. The summed E-state index contributed by atoms with van der Waals surface area (Å²) in [5.74, 6) is 0. The van der Waals surface area contributed by atoms with Crippen molar-refractivity contribution in [2.24, 2.45) is 0 Å². The average molecular weight is 217 g/mol. The largest absolute Gasteiger partial charge is 0.381 e. The number of hydrogen-bond donors (Lipinski definition) is 1. The number of thioether (sulfide) groups is 1. The van der Waals surface area contributed by atoms with Crippen LogP contribution in [0.2, 0.25) is 0 Å². The molecule has 3 heteroatoms. The highest BCUT2D eigenvalue weighted by Gasteiger charge is 2.21. The van der Waals surface area contributed by atoms with Crippen molar-refractivity contribution in [2.45, 2.75) is 49.7 Å². The van der Waals surface area contributed by atoms with Gasteiger partial charge in [-0.3, -0.25) is 0 Å². The van der Waals surface area contributed by atoms with Crippen molar-refractivity contribution in [3.8, 4) is 0 Å². The Morgan fingerprint density at radius 3 is 2.57 bits per heavy atom. The Kier molecular flexibility index (Phi) is 5.90. The molecule has 84 valence electrons. The fraction of sp³-hybridized carbons (Fsp3) is 1.00. The molecule has 1 aliphatic heterocycles. The van der Waals surface area contributed by atoms with E-state index in [4.69, 9.17) is 4.74 Å². The maximum atomic E-state index is 5.37. The lowest BCUT2D eigenvalue weighted by Crippen LogP contribution is -2.35. The Balaban J connectivity index is 2.26. The van der Waals surface area contributed by atoms with Crippen LogP contribution in [0.4, 0.5) is 0 Å². The molecule has 0 amide bonds. The zero-order chi connectivity index (χ0) is 10.4. The van der Waals surface area contributed by atoms with Crippen LogP contribution in [0.3, 0.4) is 0 Å². The average Bonchev–Trinajstić information content (AvgIpc) is 2.21. The van der Waals surface area contributed by atoms with Gasteiger partial charge in [0, 0.05) is 29.8 Å². The third kappa shape index (κ3) is 3.79. The topological polar surface area (TPSA) is 21.3 Å². The van der Waals surface area contributed by atoms with Crippen molar-refractivity contribution >= 4 is 11.8 Å². The van der Waals surface area contributed by atoms with E-state index in [-0.39, 0.29) is 0 Å². The fourth-order valence-corrected chi connectivity index (χ4v) is 3.57. The Hall–Kier alpha value is 0.270. The molecule has 1 aliphatic rings. The van der Waals surface area contributed by atoms with Gasteiger partial charge in [0.25, 0.3) is 0 Å². The minimum absolute atomic E-state index is 0.655. The van der Waals surface area contributed by atoms with Crippen molar-refractivity contribution in [3.63, 3.8) is 0 Å².